The van der Waals surface area contributed by atoms with E-state index in [1.165, 1.54) is 25.7 Å². The Kier molecular flexibility index (Phi) is 20.5. The van der Waals surface area contributed by atoms with E-state index in [0.29, 0.717) is 24.2 Å². The number of esters is 2. The first kappa shape index (κ1) is 33.0. The number of urea groups is 2. The maximum absolute atomic E-state index is 11.6. The molecule has 0 aromatic carbocycles. The lowest BCUT2D eigenvalue weighted by molar-refractivity contribution is -0.139. The van der Waals surface area contributed by atoms with Gasteiger partial charge >= 0.3 is 24.0 Å². The minimum absolute atomic E-state index is 0.130. The van der Waals surface area contributed by atoms with Gasteiger partial charge in [0.2, 0.25) is 0 Å². The highest BCUT2D eigenvalue weighted by Gasteiger charge is 2.05. The van der Waals surface area contributed by atoms with E-state index in [1.807, 2.05) is 0 Å². The van der Waals surface area contributed by atoms with Crippen molar-refractivity contribution in [2.75, 3.05) is 39.4 Å². The lowest BCUT2D eigenvalue weighted by Gasteiger charge is -2.08. The highest BCUT2D eigenvalue weighted by atomic mass is 16.5. The molecule has 0 fully saturated rings. The molecule has 0 bridgehead atoms. The van der Waals surface area contributed by atoms with Crippen molar-refractivity contribution in [3.63, 3.8) is 0 Å². The molecule has 0 radical (unpaired) electrons. The molecule has 0 rings (SSSR count). The SMILES string of the molecule is C=C(C)C(=O)OCCNC(=O)NCCCCCCCCCCCCNC(=O)NCCOC(=O)C(=C)C. The number of amides is 4. The average Bonchev–Trinajstić information content (AvgIpc) is 2.84. The number of nitrogens with one attached hydrogen (secondary N) is 4. The summed E-state index contributed by atoms with van der Waals surface area (Å²) in [5, 5.41) is 10.9. The van der Waals surface area contributed by atoms with Crippen LogP contribution in [0.15, 0.2) is 24.3 Å². The Bertz CT molecular complexity index is 638. The van der Waals surface area contributed by atoms with Crippen LogP contribution in [-0.2, 0) is 19.1 Å². The molecule has 0 saturated heterocycles. The fourth-order valence-electron chi connectivity index (χ4n) is 3.06. The summed E-state index contributed by atoms with van der Waals surface area (Å²) in [4.78, 5) is 45.7. The highest BCUT2D eigenvalue weighted by molar-refractivity contribution is 5.87. The number of hydrogen-bond acceptors (Lipinski definition) is 6. The lowest BCUT2D eigenvalue weighted by Crippen LogP contribution is -2.38. The molecule has 0 unspecified atom stereocenters. The molecule has 0 aliphatic heterocycles. The molecule has 0 atom stereocenters. The molecule has 0 aromatic heterocycles. The Balaban J connectivity index is 3.32. The second kappa shape index (κ2) is 22.4. The first-order valence-electron chi connectivity index (χ1n) is 12.9. The van der Waals surface area contributed by atoms with E-state index in [2.05, 4.69) is 34.4 Å². The topological polar surface area (TPSA) is 135 Å². The second-order valence-corrected chi connectivity index (χ2v) is 8.73. The van der Waals surface area contributed by atoms with Crippen molar-refractivity contribution in [1.82, 2.24) is 21.3 Å². The molecule has 0 heterocycles. The lowest BCUT2D eigenvalue weighted by atomic mass is 10.1. The monoisotopic (exact) mass is 510 g/mol. The molecular formula is C26H46N4O6. The largest absolute Gasteiger partial charge is 0.460 e. The molecule has 0 saturated carbocycles. The maximum atomic E-state index is 11.6. The zero-order valence-electron chi connectivity index (χ0n) is 22.2. The fourth-order valence-corrected chi connectivity index (χ4v) is 3.06. The summed E-state index contributed by atoms with van der Waals surface area (Å²) in [6.45, 7) is 12.2. The summed E-state index contributed by atoms with van der Waals surface area (Å²) in [5.41, 5.74) is 0.677. The molecule has 10 nitrogen and oxygen atoms in total. The average molecular weight is 511 g/mol. The van der Waals surface area contributed by atoms with Crippen LogP contribution in [0.4, 0.5) is 9.59 Å². The number of carbonyl (C=O) groups excluding carboxylic acids is 4. The summed E-state index contributed by atoms with van der Waals surface area (Å²) in [6.07, 6.45) is 11.2. The van der Waals surface area contributed by atoms with Crippen molar-refractivity contribution in [3.05, 3.63) is 24.3 Å². The molecule has 10 heteroatoms. The van der Waals surface area contributed by atoms with E-state index in [-0.39, 0.29) is 38.4 Å². The van der Waals surface area contributed by atoms with Gasteiger partial charge in [-0.1, -0.05) is 64.5 Å². The smallest absolute Gasteiger partial charge is 0.333 e. The van der Waals surface area contributed by atoms with Gasteiger partial charge in [0.1, 0.15) is 13.2 Å². The molecule has 36 heavy (non-hydrogen) atoms. The minimum Gasteiger partial charge on any atom is -0.460 e. The third kappa shape index (κ3) is 21.5. The Morgan fingerprint density at radius 1 is 0.500 bits per heavy atom. The molecule has 206 valence electrons. The van der Waals surface area contributed by atoms with Crippen LogP contribution in [0.1, 0.15) is 78.1 Å². The minimum atomic E-state index is -0.453. The van der Waals surface area contributed by atoms with Gasteiger partial charge in [0.25, 0.3) is 0 Å². The van der Waals surface area contributed by atoms with Crippen molar-refractivity contribution in [2.24, 2.45) is 0 Å². The van der Waals surface area contributed by atoms with E-state index >= 15 is 0 Å². The molecular weight excluding hydrogens is 464 g/mol. The number of hydrogen-bond donors (Lipinski definition) is 4. The Labute approximate surface area is 216 Å². The van der Waals surface area contributed by atoms with E-state index in [9.17, 15) is 19.2 Å². The van der Waals surface area contributed by atoms with Gasteiger partial charge in [-0.05, 0) is 26.7 Å². The molecule has 0 spiro atoms. The van der Waals surface area contributed by atoms with Crippen LogP contribution in [-0.4, -0.2) is 63.4 Å². The highest BCUT2D eigenvalue weighted by Crippen LogP contribution is 2.10. The number of carbonyl (C=O) groups is 4. The Hall–Kier alpha value is -3.04. The first-order chi connectivity index (χ1) is 17.2. The fraction of sp³-hybridized carbons (Fsp3) is 0.692. The zero-order chi connectivity index (χ0) is 27.0. The van der Waals surface area contributed by atoms with Crippen molar-refractivity contribution in [3.8, 4) is 0 Å². The van der Waals surface area contributed by atoms with Crippen LogP contribution >= 0.6 is 0 Å². The molecule has 4 N–H and O–H groups in total. The van der Waals surface area contributed by atoms with E-state index in [1.54, 1.807) is 13.8 Å². The molecule has 0 aliphatic carbocycles. The van der Waals surface area contributed by atoms with Gasteiger partial charge in [-0.25, -0.2) is 19.2 Å². The van der Waals surface area contributed by atoms with Crippen LogP contribution in [0.25, 0.3) is 0 Å². The van der Waals surface area contributed by atoms with Gasteiger partial charge in [-0.15, -0.1) is 0 Å². The summed E-state index contributed by atoms with van der Waals surface area (Å²) in [6, 6.07) is -0.502. The Morgan fingerprint density at radius 2 is 0.778 bits per heavy atom. The van der Waals surface area contributed by atoms with Crippen LogP contribution in [0.2, 0.25) is 0 Å². The van der Waals surface area contributed by atoms with Crippen molar-refractivity contribution in [1.29, 1.82) is 0 Å². The maximum Gasteiger partial charge on any atom is 0.333 e. The number of ether oxygens (including phenoxy) is 2. The van der Waals surface area contributed by atoms with Gasteiger partial charge in [0.15, 0.2) is 0 Å². The van der Waals surface area contributed by atoms with Gasteiger partial charge in [0.05, 0.1) is 13.1 Å². The molecule has 0 aromatic rings. The third-order valence-electron chi connectivity index (χ3n) is 5.11. The predicted molar refractivity (Wildman–Crippen MR) is 141 cm³/mol. The molecule has 4 amide bonds. The summed E-state index contributed by atoms with van der Waals surface area (Å²) >= 11 is 0. The van der Waals surface area contributed by atoms with Crippen molar-refractivity contribution >= 4 is 24.0 Å². The van der Waals surface area contributed by atoms with Crippen LogP contribution < -0.4 is 21.3 Å². The van der Waals surface area contributed by atoms with Crippen molar-refractivity contribution in [2.45, 2.75) is 78.1 Å². The van der Waals surface area contributed by atoms with Gasteiger partial charge in [0, 0.05) is 24.2 Å². The van der Waals surface area contributed by atoms with E-state index < -0.39 is 11.9 Å². The van der Waals surface area contributed by atoms with Crippen LogP contribution in [0, 0.1) is 0 Å². The zero-order valence-corrected chi connectivity index (χ0v) is 22.2. The normalized spacial score (nSPS) is 10.2. The number of unbranched alkanes of at least 4 members (excludes halogenated alkanes) is 9. The first-order valence-corrected chi connectivity index (χ1v) is 12.9. The van der Waals surface area contributed by atoms with Crippen molar-refractivity contribution < 1.29 is 28.7 Å². The summed E-state index contributed by atoms with van der Waals surface area (Å²) in [7, 11) is 0. The quantitative estimate of drug-likeness (QED) is 0.106. The van der Waals surface area contributed by atoms with Gasteiger partial charge in [-0.3, -0.25) is 0 Å². The predicted octanol–water partition coefficient (Wildman–Crippen LogP) is 3.72. The van der Waals surface area contributed by atoms with Crippen LogP contribution in [0.3, 0.4) is 0 Å². The summed E-state index contributed by atoms with van der Waals surface area (Å²) < 4.78 is 9.80. The van der Waals surface area contributed by atoms with E-state index in [0.717, 1.165) is 38.5 Å². The standard InChI is InChI=1S/C26H46N4O6/c1-21(2)23(31)35-19-17-29-25(33)27-15-13-11-9-7-5-6-8-10-12-14-16-28-26(34)30-18-20-36-24(32)22(3)4/h1,3,5-20H2,2,4H3,(H2,27,29,33)(H2,28,30,34). The van der Waals surface area contributed by atoms with Gasteiger partial charge < -0.3 is 30.7 Å². The number of rotatable bonds is 21. The van der Waals surface area contributed by atoms with Gasteiger partial charge in [-0.2, -0.15) is 0 Å². The molecule has 0 aliphatic rings. The van der Waals surface area contributed by atoms with E-state index in [4.69, 9.17) is 9.47 Å². The second-order valence-electron chi connectivity index (χ2n) is 8.73. The third-order valence-corrected chi connectivity index (χ3v) is 5.11. The van der Waals surface area contributed by atoms with Crippen LogP contribution in [0.5, 0.6) is 0 Å². The Morgan fingerprint density at radius 3 is 1.08 bits per heavy atom. The summed E-state index contributed by atoms with van der Waals surface area (Å²) in [5.74, 6) is -0.907.